The smallest absolute Gasteiger partial charge is 0.240 e. The van der Waals surface area contributed by atoms with E-state index in [-0.39, 0.29) is 42.5 Å². The molecule has 0 aromatic rings. The molecule has 0 spiro atoms. The molecule has 0 bridgehead atoms. The SMILES string of the molecule is CCC(C)[C@H](N)C(=O)N(CCO)C1CCS(=O)(=O)C1. The summed E-state index contributed by atoms with van der Waals surface area (Å²) < 4.78 is 23.0. The van der Waals surface area contributed by atoms with Crippen LogP contribution in [0.4, 0.5) is 0 Å². The minimum absolute atomic E-state index is 0.0219. The molecular formula is C12H24N2O4S. The van der Waals surface area contributed by atoms with E-state index < -0.39 is 15.9 Å². The summed E-state index contributed by atoms with van der Waals surface area (Å²) in [5.74, 6) is -0.144. The van der Waals surface area contributed by atoms with Crippen LogP contribution in [0, 0.1) is 5.92 Å². The summed E-state index contributed by atoms with van der Waals surface area (Å²) in [6.45, 7) is 3.80. The number of sulfone groups is 1. The molecule has 1 rings (SSSR count). The first-order valence-corrected chi connectivity index (χ1v) is 8.51. The van der Waals surface area contributed by atoms with Gasteiger partial charge in [0.25, 0.3) is 0 Å². The second kappa shape index (κ2) is 6.67. The number of hydrogen-bond donors (Lipinski definition) is 2. The fourth-order valence-electron chi connectivity index (χ4n) is 2.29. The molecule has 0 aromatic carbocycles. The van der Waals surface area contributed by atoms with Gasteiger partial charge in [-0.3, -0.25) is 4.79 Å². The van der Waals surface area contributed by atoms with E-state index in [0.717, 1.165) is 6.42 Å². The number of nitrogens with two attached hydrogens (primary N) is 1. The van der Waals surface area contributed by atoms with E-state index in [2.05, 4.69) is 0 Å². The highest BCUT2D eigenvalue weighted by atomic mass is 32.2. The Kier molecular flexibility index (Phi) is 5.76. The average Bonchev–Trinajstić information content (AvgIpc) is 2.73. The average molecular weight is 292 g/mol. The molecule has 7 heteroatoms. The summed E-state index contributed by atoms with van der Waals surface area (Å²) in [4.78, 5) is 13.8. The number of amides is 1. The van der Waals surface area contributed by atoms with Crippen molar-refractivity contribution in [1.29, 1.82) is 0 Å². The van der Waals surface area contributed by atoms with Gasteiger partial charge in [-0.15, -0.1) is 0 Å². The van der Waals surface area contributed by atoms with Crippen LogP contribution in [0.2, 0.25) is 0 Å². The second-order valence-electron chi connectivity index (χ2n) is 5.22. The summed E-state index contributed by atoms with van der Waals surface area (Å²) in [6.07, 6.45) is 1.21. The Morgan fingerprint density at radius 1 is 1.53 bits per heavy atom. The number of nitrogens with zero attached hydrogens (tertiary/aromatic N) is 1. The molecule has 1 fully saturated rings. The molecule has 3 atom stereocenters. The first-order valence-electron chi connectivity index (χ1n) is 6.69. The molecule has 1 heterocycles. The van der Waals surface area contributed by atoms with Gasteiger partial charge in [0.05, 0.1) is 24.2 Å². The Morgan fingerprint density at radius 3 is 2.58 bits per heavy atom. The molecule has 0 saturated carbocycles. The van der Waals surface area contributed by atoms with E-state index in [1.807, 2.05) is 13.8 Å². The summed E-state index contributed by atoms with van der Waals surface area (Å²) in [7, 11) is -3.06. The van der Waals surface area contributed by atoms with Crippen molar-refractivity contribution in [1.82, 2.24) is 4.90 Å². The zero-order valence-corrected chi connectivity index (χ0v) is 12.4. The van der Waals surface area contributed by atoms with Crippen molar-refractivity contribution in [3.05, 3.63) is 0 Å². The van der Waals surface area contributed by atoms with Crippen molar-refractivity contribution in [2.75, 3.05) is 24.7 Å². The predicted octanol–water partition coefficient (Wildman–Crippen LogP) is -0.632. The van der Waals surface area contributed by atoms with Crippen LogP contribution in [0.3, 0.4) is 0 Å². The number of carbonyl (C=O) groups excluding carboxylic acids is 1. The summed E-state index contributed by atoms with van der Waals surface area (Å²) in [5.41, 5.74) is 5.92. The Bertz CT molecular complexity index is 410. The van der Waals surface area contributed by atoms with Gasteiger partial charge in [-0.25, -0.2) is 8.42 Å². The van der Waals surface area contributed by atoms with E-state index in [4.69, 9.17) is 10.8 Å². The molecule has 0 aromatic heterocycles. The number of rotatable bonds is 6. The maximum Gasteiger partial charge on any atom is 0.240 e. The number of carbonyl (C=O) groups is 1. The monoisotopic (exact) mass is 292 g/mol. The molecule has 0 aliphatic carbocycles. The van der Waals surface area contributed by atoms with Crippen molar-refractivity contribution in [2.45, 2.75) is 38.8 Å². The van der Waals surface area contributed by atoms with Gasteiger partial charge in [-0.1, -0.05) is 20.3 Å². The van der Waals surface area contributed by atoms with Gasteiger partial charge in [0.15, 0.2) is 9.84 Å². The molecule has 112 valence electrons. The largest absolute Gasteiger partial charge is 0.395 e. The fraction of sp³-hybridized carbons (Fsp3) is 0.917. The Balaban J connectivity index is 2.80. The Labute approximate surface area is 114 Å². The van der Waals surface area contributed by atoms with E-state index >= 15 is 0 Å². The molecule has 19 heavy (non-hydrogen) atoms. The number of aliphatic hydroxyl groups is 1. The third kappa shape index (κ3) is 4.15. The quantitative estimate of drug-likeness (QED) is 0.678. The lowest BCUT2D eigenvalue weighted by Crippen LogP contribution is -2.52. The lowest BCUT2D eigenvalue weighted by Gasteiger charge is -2.31. The summed E-state index contributed by atoms with van der Waals surface area (Å²) >= 11 is 0. The minimum Gasteiger partial charge on any atom is -0.395 e. The van der Waals surface area contributed by atoms with Gasteiger partial charge in [0, 0.05) is 12.6 Å². The van der Waals surface area contributed by atoms with Crippen LogP contribution in [0.25, 0.3) is 0 Å². The first-order chi connectivity index (χ1) is 8.82. The van der Waals surface area contributed by atoms with Crippen LogP contribution < -0.4 is 5.73 Å². The standard InChI is InChI=1S/C12H24N2O4S/c1-3-9(2)11(13)12(16)14(5-6-15)10-4-7-19(17,18)8-10/h9-11,15H,3-8,13H2,1-2H3/t9?,10?,11-/m0/s1. The summed E-state index contributed by atoms with van der Waals surface area (Å²) in [6, 6.07) is -0.986. The van der Waals surface area contributed by atoms with Crippen LogP contribution in [0.15, 0.2) is 0 Å². The van der Waals surface area contributed by atoms with Gasteiger partial charge in [0.1, 0.15) is 0 Å². The lowest BCUT2D eigenvalue weighted by atomic mass is 9.98. The highest BCUT2D eigenvalue weighted by Crippen LogP contribution is 2.19. The third-order valence-corrected chi connectivity index (χ3v) is 5.57. The highest BCUT2D eigenvalue weighted by Gasteiger charge is 2.36. The van der Waals surface area contributed by atoms with Crippen molar-refractivity contribution < 1.29 is 18.3 Å². The third-order valence-electron chi connectivity index (χ3n) is 3.82. The van der Waals surface area contributed by atoms with Crippen LogP contribution in [0.5, 0.6) is 0 Å². The highest BCUT2D eigenvalue weighted by molar-refractivity contribution is 7.91. The Morgan fingerprint density at radius 2 is 2.16 bits per heavy atom. The van der Waals surface area contributed by atoms with Gasteiger partial charge >= 0.3 is 0 Å². The minimum atomic E-state index is -3.06. The Hall–Kier alpha value is -0.660. The van der Waals surface area contributed by atoms with E-state index in [1.54, 1.807) is 0 Å². The van der Waals surface area contributed by atoms with E-state index in [0.29, 0.717) is 6.42 Å². The summed E-state index contributed by atoms with van der Waals surface area (Å²) in [5, 5.41) is 9.07. The zero-order valence-electron chi connectivity index (χ0n) is 11.6. The van der Waals surface area contributed by atoms with E-state index in [1.165, 1.54) is 4.90 Å². The molecule has 1 amide bonds. The molecule has 3 N–H and O–H groups in total. The van der Waals surface area contributed by atoms with Crippen molar-refractivity contribution >= 4 is 15.7 Å². The van der Waals surface area contributed by atoms with Gasteiger partial charge < -0.3 is 15.7 Å². The van der Waals surface area contributed by atoms with Crippen LogP contribution >= 0.6 is 0 Å². The van der Waals surface area contributed by atoms with Crippen LogP contribution in [-0.4, -0.2) is 61.1 Å². The first kappa shape index (κ1) is 16.4. The van der Waals surface area contributed by atoms with Gasteiger partial charge in [0.2, 0.25) is 5.91 Å². The molecular weight excluding hydrogens is 268 g/mol. The van der Waals surface area contributed by atoms with Crippen molar-refractivity contribution in [3.63, 3.8) is 0 Å². The van der Waals surface area contributed by atoms with Gasteiger partial charge in [-0.05, 0) is 12.3 Å². The second-order valence-corrected chi connectivity index (χ2v) is 7.45. The maximum atomic E-state index is 12.3. The number of hydrogen-bond acceptors (Lipinski definition) is 5. The molecule has 1 aliphatic rings. The zero-order chi connectivity index (χ0) is 14.6. The van der Waals surface area contributed by atoms with Crippen molar-refractivity contribution in [2.24, 2.45) is 11.7 Å². The van der Waals surface area contributed by atoms with Crippen LogP contribution in [0.1, 0.15) is 26.7 Å². The topological polar surface area (TPSA) is 101 Å². The molecule has 6 nitrogen and oxygen atoms in total. The normalized spacial score (nSPS) is 24.9. The molecule has 2 unspecified atom stereocenters. The molecule has 1 saturated heterocycles. The maximum absolute atomic E-state index is 12.3. The number of aliphatic hydroxyl groups excluding tert-OH is 1. The van der Waals surface area contributed by atoms with Gasteiger partial charge in [-0.2, -0.15) is 0 Å². The predicted molar refractivity (Wildman–Crippen MR) is 73.3 cm³/mol. The van der Waals surface area contributed by atoms with Crippen LogP contribution in [-0.2, 0) is 14.6 Å². The van der Waals surface area contributed by atoms with E-state index in [9.17, 15) is 13.2 Å². The lowest BCUT2D eigenvalue weighted by molar-refractivity contribution is -0.136. The molecule has 0 radical (unpaired) electrons. The molecule has 1 aliphatic heterocycles. The van der Waals surface area contributed by atoms with Crippen molar-refractivity contribution in [3.8, 4) is 0 Å². The fourth-order valence-corrected chi connectivity index (χ4v) is 4.02.